The number of aryl methyl sites for hydroxylation is 1. The number of aromatic amines is 1. The highest BCUT2D eigenvalue weighted by molar-refractivity contribution is 5.87. The maximum absolute atomic E-state index is 10.5. The summed E-state index contributed by atoms with van der Waals surface area (Å²) in [5.74, 6) is -0.495. The number of carboxylic acid groups (broad SMARTS) is 1. The van der Waals surface area contributed by atoms with Crippen LogP contribution in [0.5, 0.6) is 5.88 Å². The molecule has 1 aromatic heterocycles. The van der Waals surface area contributed by atoms with Crippen LogP contribution in [0, 0.1) is 6.92 Å². The number of hydrogen-bond acceptors (Lipinski definition) is 2. The first-order valence-electron chi connectivity index (χ1n) is 4.12. The van der Waals surface area contributed by atoms with E-state index in [1.54, 1.807) is 13.0 Å². The molecule has 0 saturated heterocycles. The molecule has 0 aliphatic heterocycles. The third kappa shape index (κ3) is 2.82. The Kier molecular flexibility index (Phi) is 4.66. The summed E-state index contributed by atoms with van der Waals surface area (Å²) in [6.45, 7) is 5.71. The third-order valence-corrected chi connectivity index (χ3v) is 1.42. The Bertz CT molecular complexity index is 278. The summed E-state index contributed by atoms with van der Waals surface area (Å²) < 4.78 is 4.81. The molecule has 4 nitrogen and oxygen atoms in total. The van der Waals surface area contributed by atoms with E-state index >= 15 is 0 Å². The van der Waals surface area contributed by atoms with Gasteiger partial charge in [0, 0.05) is 6.07 Å². The van der Waals surface area contributed by atoms with Gasteiger partial charge in [0.05, 0.1) is 7.11 Å². The van der Waals surface area contributed by atoms with E-state index in [-0.39, 0.29) is 5.69 Å². The Balaban J connectivity index is 0.000000671. The molecule has 1 aromatic rings. The van der Waals surface area contributed by atoms with Crippen molar-refractivity contribution in [1.82, 2.24) is 4.98 Å². The molecule has 0 fully saturated rings. The van der Waals surface area contributed by atoms with E-state index in [1.807, 2.05) is 13.8 Å². The van der Waals surface area contributed by atoms with E-state index in [0.29, 0.717) is 11.4 Å². The van der Waals surface area contributed by atoms with Crippen molar-refractivity contribution in [2.75, 3.05) is 7.11 Å². The fourth-order valence-corrected chi connectivity index (χ4v) is 0.859. The molecule has 0 aromatic carbocycles. The van der Waals surface area contributed by atoms with Gasteiger partial charge in [-0.3, -0.25) is 0 Å². The Morgan fingerprint density at radius 2 is 2.08 bits per heavy atom. The lowest BCUT2D eigenvalue weighted by atomic mass is 10.3. The van der Waals surface area contributed by atoms with Gasteiger partial charge in [-0.15, -0.1) is 0 Å². The fraction of sp³-hybridized carbons (Fsp3) is 0.444. The highest BCUT2D eigenvalue weighted by atomic mass is 16.5. The van der Waals surface area contributed by atoms with Crippen molar-refractivity contribution in [3.05, 3.63) is 17.3 Å². The van der Waals surface area contributed by atoms with Gasteiger partial charge in [0.25, 0.3) is 0 Å². The van der Waals surface area contributed by atoms with Crippen LogP contribution in [0.1, 0.15) is 29.9 Å². The maximum Gasteiger partial charge on any atom is 0.352 e. The van der Waals surface area contributed by atoms with Crippen molar-refractivity contribution in [1.29, 1.82) is 0 Å². The topological polar surface area (TPSA) is 62.3 Å². The Morgan fingerprint density at radius 1 is 1.54 bits per heavy atom. The predicted molar refractivity (Wildman–Crippen MR) is 50.4 cm³/mol. The van der Waals surface area contributed by atoms with E-state index in [4.69, 9.17) is 9.84 Å². The quantitative estimate of drug-likeness (QED) is 0.741. The maximum atomic E-state index is 10.5. The van der Waals surface area contributed by atoms with Crippen LogP contribution in [0.3, 0.4) is 0 Å². The normalized spacial score (nSPS) is 8.62. The van der Waals surface area contributed by atoms with E-state index < -0.39 is 5.97 Å². The molecule has 1 heterocycles. The van der Waals surface area contributed by atoms with Crippen LogP contribution in [0.2, 0.25) is 0 Å². The second kappa shape index (κ2) is 5.24. The number of H-pyrrole nitrogens is 1. The van der Waals surface area contributed by atoms with Crippen molar-refractivity contribution in [3.8, 4) is 5.88 Å². The number of aromatic nitrogens is 1. The summed E-state index contributed by atoms with van der Waals surface area (Å²) in [7, 11) is 1.48. The molecule has 74 valence electrons. The van der Waals surface area contributed by atoms with Crippen molar-refractivity contribution in [2.45, 2.75) is 20.8 Å². The molecular formula is C9H15NO3. The predicted octanol–water partition coefficient (Wildman–Crippen LogP) is 2.06. The zero-order valence-corrected chi connectivity index (χ0v) is 8.34. The van der Waals surface area contributed by atoms with Gasteiger partial charge in [-0.25, -0.2) is 4.79 Å². The number of hydrogen-bond donors (Lipinski definition) is 2. The monoisotopic (exact) mass is 185 g/mol. The number of aromatic carboxylic acids is 1. The van der Waals surface area contributed by atoms with Crippen LogP contribution in [0.25, 0.3) is 0 Å². The number of carboxylic acids is 1. The SMILES string of the molecule is CC.COc1cc(C)c(C(=O)O)[nH]1. The molecule has 0 saturated carbocycles. The van der Waals surface area contributed by atoms with E-state index in [1.165, 1.54) is 7.11 Å². The Morgan fingerprint density at radius 3 is 2.31 bits per heavy atom. The number of ether oxygens (including phenoxy) is 1. The fourth-order valence-electron chi connectivity index (χ4n) is 0.859. The van der Waals surface area contributed by atoms with Crippen molar-refractivity contribution in [2.24, 2.45) is 0 Å². The zero-order valence-electron chi connectivity index (χ0n) is 8.34. The summed E-state index contributed by atoms with van der Waals surface area (Å²) in [5.41, 5.74) is 0.858. The Labute approximate surface area is 77.5 Å². The summed E-state index contributed by atoms with van der Waals surface area (Å²) >= 11 is 0. The molecule has 0 amide bonds. The molecule has 13 heavy (non-hydrogen) atoms. The number of rotatable bonds is 2. The lowest BCUT2D eigenvalue weighted by molar-refractivity contribution is 0.0690. The highest BCUT2D eigenvalue weighted by Crippen LogP contribution is 2.14. The molecule has 0 atom stereocenters. The average Bonchev–Trinajstić information content (AvgIpc) is 2.50. The minimum absolute atomic E-state index is 0.182. The zero-order chi connectivity index (χ0) is 10.4. The number of nitrogens with one attached hydrogen (secondary N) is 1. The van der Waals surface area contributed by atoms with Gasteiger partial charge < -0.3 is 14.8 Å². The minimum atomic E-state index is -0.967. The highest BCUT2D eigenvalue weighted by Gasteiger charge is 2.10. The number of carbonyl (C=O) groups is 1. The van der Waals surface area contributed by atoms with Gasteiger partial charge in [-0.2, -0.15) is 0 Å². The summed E-state index contributed by atoms with van der Waals surface area (Å²) in [5, 5.41) is 8.59. The van der Waals surface area contributed by atoms with Gasteiger partial charge in [-0.1, -0.05) is 13.8 Å². The summed E-state index contributed by atoms with van der Waals surface area (Å²) in [6, 6.07) is 1.64. The molecule has 0 spiro atoms. The lowest BCUT2D eigenvalue weighted by Crippen LogP contribution is -1.98. The standard InChI is InChI=1S/C7H9NO3.C2H6/c1-4-3-5(11-2)8-6(4)7(9)10;1-2/h3,8H,1-2H3,(H,9,10);1-2H3. The van der Waals surface area contributed by atoms with Gasteiger partial charge in [-0.05, 0) is 12.5 Å². The van der Waals surface area contributed by atoms with E-state index in [9.17, 15) is 4.79 Å². The first-order chi connectivity index (χ1) is 6.15. The van der Waals surface area contributed by atoms with Gasteiger partial charge in [0.2, 0.25) is 0 Å². The Hall–Kier alpha value is -1.45. The third-order valence-electron chi connectivity index (χ3n) is 1.42. The summed E-state index contributed by atoms with van der Waals surface area (Å²) in [4.78, 5) is 13.1. The van der Waals surface area contributed by atoms with Gasteiger partial charge in [0.1, 0.15) is 5.69 Å². The van der Waals surface area contributed by atoms with Crippen molar-refractivity contribution in [3.63, 3.8) is 0 Å². The van der Waals surface area contributed by atoms with Crippen molar-refractivity contribution >= 4 is 5.97 Å². The smallest absolute Gasteiger partial charge is 0.352 e. The van der Waals surface area contributed by atoms with E-state index in [2.05, 4.69) is 4.98 Å². The molecule has 0 bridgehead atoms. The molecule has 1 rings (SSSR count). The molecule has 0 aliphatic rings. The second-order valence-corrected chi connectivity index (χ2v) is 2.20. The van der Waals surface area contributed by atoms with Crippen LogP contribution in [-0.2, 0) is 0 Å². The van der Waals surface area contributed by atoms with Crippen LogP contribution >= 0.6 is 0 Å². The van der Waals surface area contributed by atoms with Crippen LogP contribution < -0.4 is 4.74 Å². The molecule has 4 heteroatoms. The molecular weight excluding hydrogens is 170 g/mol. The molecule has 0 aliphatic carbocycles. The van der Waals surface area contributed by atoms with Gasteiger partial charge >= 0.3 is 5.97 Å². The van der Waals surface area contributed by atoms with Crippen molar-refractivity contribution < 1.29 is 14.6 Å². The van der Waals surface area contributed by atoms with Crippen LogP contribution in [0.4, 0.5) is 0 Å². The molecule has 2 N–H and O–H groups in total. The number of methoxy groups -OCH3 is 1. The molecule has 0 radical (unpaired) electrons. The van der Waals surface area contributed by atoms with Crippen LogP contribution in [0.15, 0.2) is 6.07 Å². The van der Waals surface area contributed by atoms with Crippen LogP contribution in [-0.4, -0.2) is 23.2 Å². The van der Waals surface area contributed by atoms with Gasteiger partial charge in [0.15, 0.2) is 5.88 Å². The minimum Gasteiger partial charge on any atom is -0.482 e. The lowest BCUT2D eigenvalue weighted by Gasteiger charge is -1.90. The molecule has 0 unspecified atom stereocenters. The van der Waals surface area contributed by atoms with E-state index in [0.717, 1.165) is 0 Å². The average molecular weight is 185 g/mol. The first kappa shape index (κ1) is 11.6. The first-order valence-corrected chi connectivity index (χ1v) is 4.12. The largest absolute Gasteiger partial charge is 0.482 e. The summed E-state index contributed by atoms with van der Waals surface area (Å²) in [6.07, 6.45) is 0. The second-order valence-electron chi connectivity index (χ2n) is 2.20.